The Kier molecular flexibility index (Phi) is 1.87. The summed E-state index contributed by atoms with van der Waals surface area (Å²) in [5.41, 5.74) is -1.97. The van der Waals surface area contributed by atoms with Crippen LogP contribution in [0, 0.1) is 0 Å². The number of carbonyl (C=O) groups is 2. The zero-order valence-electron chi connectivity index (χ0n) is 7.52. The number of urea groups is 1. The molecule has 2 amide bonds. The molecule has 0 aromatic heterocycles. The number of para-hydroxylation sites is 1. The number of amides is 2. The molecule has 1 aromatic carbocycles. The van der Waals surface area contributed by atoms with Crippen molar-refractivity contribution in [2.75, 3.05) is 5.32 Å². The summed E-state index contributed by atoms with van der Waals surface area (Å²) in [6, 6.07) is 5.40. The highest BCUT2D eigenvalue weighted by Gasteiger charge is 2.44. The predicted octanol–water partition coefficient (Wildman–Crippen LogP) is 0.0514. The number of carboxylic acids is 1. The molecule has 0 bridgehead atoms. The van der Waals surface area contributed by atoms with Gasteiger partial charge in [-0.1, -0.05) is 18.2 Å². The van der Waals surface area contributed by atoms with Gasteiger partial charge >= 0.3 is 12.0 Å². The van der Waals surface area contributed by atoms with Crippen molar-refractivity contribution in [2.24, 2.45) is 0 Å². The van der Waals surface area contributed by atoms with Crippen LogP contribution < -0.4 is 10.6 Å². The summed E-state index contributed by atoms with van der Waals surface area (Å²) in [6.45, 7) is 0. The number of hydrogen-bond acceptors (Lipinski definition) is 3. The van der Waals surface area contributed by atoms with Crippen molar-refractivity contribution < 1.29 is 19.8 Å². The number of fused-ring (bicyclic) bond motifs is 1. The Balaban J connectivity index is 2.61. The highest BCUT2D eigenvalue weighted by molar-refractivity contribution is 5.99. The van der Waals surface area contributed by atoms with Crippen molar-refractivity contribution in [3.8, 4) is 0 Å². The van der Waals surface area contributed by atoms with Gasteiger partial charge in [-0.25, -0.2) is 9.59 Å². The number of benzene rings is 1. The normalized spacial score (nSPS) is 23.7. The first kappa shape index (κ1) is 9.47. The quantitative estimate of drug-likeness (QED) is 0.524. The van der Waals surface area contributed by atoms with Crippen LogP contribution in [0.2, 0.25) is 0 Å². The molecule has 6 nitrogen and oxygen atoms in total. The van der Waals surface area contributed by atoms with E-state index in [4.69, 9.17) is 5.11 Å². The molecule has 1 aliphatic rings. The molecular formula is C9H8N2O4. The fourth-order valence-corrected chi connectivity index (χ4v) is 1.46. The molecule has 0 saturated heterocycles. The Morgan fingerprint density at radius 2 is 2.00 bits per heavy atom. The lowest BCUT2D eigenvalue weighted by Crippen LogP contribution is -2.56. The van der Waals surface area contributed by atoms with E-state index in [9.17, 15) is 14.7 Å². The largest absolute Gasteiger partial charge is 0.477 e. The Hall–Kier alpha value is -2.08. The molecule has 1 unspecified atom stereocenters. The van der Waals surface area contributed by atoms with E-state index in [1.54, 1.807) is 12.1 Å². The summed E-state index contributed by atoms with van der Waals surface area (Å²) in [6.07, 6.45) is 0. The molecule has 1 aliphatic heterocycles. The first-order valence-electron chi connectivity index (χ1n) is 4.18. The lowest BCUT2D eigenvalue weighted by Gasteiger charge is -2.31. The van der Waals surface area contributed by atoms with E-state index in [2.05, 4.69) is 5.32 Å². The highest BCUT2D eigenvalue weighted by atomic mass is 16.4. The minimum atomic E-state index is -2.36. The molecule has 0 spiro atoms. The van der Waals surface area contributed by atoms with E-state index < -0.39 is 17.7 Å². The summed E-state index contributed by atoms with van der Waals surface area (Å²) < 4.78 is 0. The van der Waals surface area contributed by atoms with Gasteiger partial charge < -0.3 is 15.5 Å². The van der Waals surface area contributed by atoms with Gasteiger partial charge in [0.2, 0.25) is 0 Å². The average molecular weight is 208 g/mol. The SMILES string of the molecule is O=C1Nc2ccccc2C(O)(C(=O)O)N1. The molecule has 1 heterocycles. The van der Waals surface area contributed by atoms with Crippen LogP contribution >= 0.6 is 0 Å². The Morgan fingerprint density at radius 3 is 2.67 bits per heavy atom. The summed E-state index contributed by atoms with van der Waals surface area (Å²) in [5.74, 6) is -1.52. The molecule has 0 fully saturated rings. The van der Waals surface area contributed by atoms with Crippen LogP contribution in [0.5, 0.6) is 0 Å². The Morgan fingerprint density at radius 1 is 1.33 bits per heavy atom. The third kappa shape index (κ3) is 1.31. The number of hydrogen-bond donors (Lipinski definition) is 4. The van der Waals surface area contributed by atoms with Crippen LogP contribution in [0.3, 0.4) is 0 Å². The van der Waals surface area contributed by atoms with Crippen LogP contribution in [0.25, 0.3) is 0 Å². The molecule has 0 radical (unpaired) electrons. The van der Waals surface area contributed by atoms with E-state index in [0.717, 1.165) is 0 Å². The summed E-state index contributed by atoms with van der Waals surface area (Å²) in [5, 5.41) is 23.0. The predicted molar refractivity (Wildman–Crippen MR) is 50.1 cm³/mol. The number of aliphatic hydroxyl groups is 1. The van der Waals surface area contributed by atoms with Crippen LogP contribution in [0.1, 0.15) is 5.56 Å². The zero-order valence-corrected chi connectivity index (χ0v) is 7.52. The van der Waals surface area contributed by atoms with Gasteiger partial charge in [-0.2, -0.15) is 0 Å². The number of aliphatic carboxylic acids is 1. The highest BCUT2D eigenvalue weighted by Crippen LogP contribution is 2.29. The molecule has 6 heteroatoms. The second kappa shape index (κ2) is 2.96. The summed E-state index contributed by atoms with van der Waals surface area (Å²) in [4.78, 5) is 22.0. The van der Waals surface area contributed by atoms with E-state index in [1.165, 1.54) is 12.1 Å². The van der Waals surface area contributed by atoms with Crippen molar-refractivity contribution in [1.82, 2.24) is 5.32 Å². The maximum absolute atomic E-state index is 11.1. The maximum Gasteiger partial charge on any atom is 0.362 e. The molecule has 0 saturated carbocycles. The van der Waals surface area contributed by atoms with Gasteiger partial charge in [0.15, 0.2) is 0 Å². The van der Waals surface area contributed by atoms with Crippen molar-refractivity contribution in [2.45, 2.75) is 5.72 Å². The molecular weight excluding hydrogens is 200 g/mol. The van der Waals surface area contributed by atoms with Gasteiger partial charge in [-0.15, -0.1) is 0 Å². The fourth-order valence-electron chi connectivity index (χ4n) is 1.46. The third-order valence-corrected chi connectivity index (χ3v) is 2.17. The Bertz CT molecular complexity index is 445. The minimum absolute atomic E-state index is 0.108. The standard InChI is InChI=1S/C9H8N2O4/c12-7(13)9(15)5-3-1-2-4-6(5)10-8(14)11-9/h1-4,15H,(H,12,13)(H2,10,11,14). The van der Waals surface area contributed by atoms with Gasteiger partial charge in [0.25, 0.3) is 5.72 Å². The van der Waals surface area contributed by atoms with Crippen molar-refractivity contribution in [3.05, 3.63) is 29.8 Å². The molecule has 15 heavy (non-hydrogen) atoms. The number of rotatable bonds is 1. The maximum atomic E-state index is 11.1. The second-order valence-electron chi connectivity index (χ2n) is 3.14. The van der Waals surface area contributed by atoms with Crippen LogP contribution in [-0.4, -0.2) is 22.2 Å². The van der Waals surface area contributed by atoms with E-state index >= 15 is 0 Å². The van der Waals surface area contributed by atoms with Gasteiger partial charge in [0.05, 0.1) is 5.69 Å². The van der Waals surface area contributed by atoms with E-state index in [0.29, 0.717) is 0 Å². The van der Waals surface area contributed by atoms with Gasteiger partial charge in [-0.3, -0.25) is 5.32 Å². The first-order valence-corrected chi connectivity index (χ1v) is 4.18. The third-order valence-electron chi connectivity index (χ3n) is 2.17. The van der Waals surface area contributed by atoms with Gasteiger partial charge in [0.1, 0.15) is 0 Å². The molecule has 2 rings (SSSR count). The molecule has 4 N–H and O–H groups in total. The van der Waals surface area contributed by atoms with E-state index in [1.807, 2.05) is 5.32 Å². The van der Waals surface area contributed by atoms with Gasteiger partial charge in [0, 0.05) is 5.56 Å². The van der Waals surface area contributed by atoms with Gasteiger partial charge in [-0.05, 0) is 6.07 Å². The fraction of sp³-hybridized carbons (Fsp3) is 0.111. The average Bonchev–Trinajstić information content (AvgIpc) is 2.17. The topological polar surface area (TPSA) is 98.7 Å². The lowest BCUT2D eigenvalue weighted by molar-refractivity contribution is -0.162. The summed E-state index contributed by atoms with van der Waals surface area (Å²) >= 11 is 0. The second-order valence-corrected chi connectivity index (χ2v) is 3.14. The molecule has 78 valence electrons. The van der Waals surface area contributed by atoms with Crippen molar-refractivity contribution >= 4 is 17.7 Å². The summed E-state index contributed by atoms with van der Waals surface area (Å²) in [7, 11) is 0. The monoisotopic (exact) mass is 208 g/mol. The van der Waals surface area contributed by atoms with Crippen LogP contribution in [-0.2, 0) is 10.5 Å². The zero-order chi connectivity index (χ0) is 11.1. The smallest absolute Gasteiger partial charge is 0.362 e. The molecule has 0 aliphatic carbocycles. The number of carbonyl (C=O) groups excluding carboxylic acids is 1. The van der Waals surface area contributed by atoms with Crippen LogP contribution in [0.4, 0.5) is 10.5 Å². The molecule has 1 aromatic rings. The lowest BCUT2D eigenvalue weighted by atomic mass is 9.99. The minimum Gasteiger partial charge on any atom is -0.477 e. The van der Waals surface area contributed by atoms with Crippen LogP contribution in [0.15, 0.2) is 24.3 Å². The number of nitrogens with one attached hydrogen (secondary N) is 2. The number of carboxylic acid groups (broad SMARTS) is 1. The first-order chi connectivity index (χ1) is 7.04. The van der Waals surface area contributed by atoms with E-state index in [-0.39, 0.29) is 11.3 Å². The molecule has 1 atom stereocenters. The number of anilines is 1. The Labute approximate surface area is 84.5 Å². The van der Waals surface area contributed by atoms with Crippen molar-refractivity contribution in [3.63, 3.8) is 0 Å². The van der Waals surface area contributed by atoms with Crippen molar-refractivity contribution in [1.29, 1.82) is 0 Å².